The summed E-state index contributed by atoms with van der Waals surface area (Å²) in [6.07, 6.45) is 2.81. The molecule has 7 heteroatoms. The quantitative estimate of drug-likeness (QED) is 0.748. The average Bonchev–Trinajstić information content (AvgIpc) is 2.98. The van der Waals surface area contributed by atoms with Gasteiger partial charge in [-0.1, -0.05) is 12.1 Å². The number of methoxy groups -OCH3 is 1. The summed E-state index contributed by atoms with van der Waals surface area (Å²) in [6.45, 7) is 3.18. The first-order valence-corrected chi connectivity index (χ1v) is 8.88. The normalized spacial score (nSPS) is 18.1. The fourth-order valence-corrected chi connectivity index (χ4v) is 3.54. The van der Waals surface area contributed by atoms with E-state index >= 15 is 0 Å². The van der Waals surface area contributed by atoms with Crippen LogP contribution in [0.3, 0.4) is 0 Å². The van der Waals surface area contributed by atoms with E-state index in [1.165, 1.54) is 0 Å². The second-order valence-electron chi connectivity index (χ2n) is 5.43. The highest BCUT2D eigenvalue weighted by molar-refractivity contribution is 7.89. The van der Waals surface area contributed by atoms with Crippen molar-refractivity contribution in [2.24, 2.45) is 5.92 Å². The van der Waals surface area contributed by atoms with Gasteiger partial charge in [0.2, 0.25) is 10.0 Å². The van der Waals surface area contributed by atoms with Crippen molar-refractivity contribution in [3.63, 3.8) is 0 Å². The van der Waals surface area contributed by atoms with Crippen molar-refractivity contribution < 1.29 is 13.2 Å². The van der Waals surface area contributed by atoms with Crippen molar-refractivity contribution in [1.29, 1.82) is 0 Å². The molecule has 2 N–H and O–H groups in total. The molecule has 0 spiro atoms. The van der Waals surface area contributed by atoms with Gasteiger partial charge in [-0.05, 0) is 56.0 Å². The average molecular weight is 349 g/mol. The van der Waals surface area contributed by atoms with Crippen molar-refractivity contribution in [3.05, 3.63) is 29.8 Å². The van der Waals surface area contributed by atoms with Gasteiger partial charge in [0.25, 0.3) is 0 Å². The van der Waals surface area contributed by atoms with Crippen LogP contribution in [0.1, 0.15) is 18.4 Å². The molecule has 1 aliphatic rings. The number of nitrogens with one attached hydrogen (secondary N) is 2. The molecule has 1 aromatic rings. The molecule has 1 aliphatic heterocycles. The minimum absolute atomic E-state index is 0. The number of hydrogen-bond acceptors (Lipinski definition) is 4. The van der Waals surface area contributed by atoms with Gasteiger partial charge in [-0.25, -0.2) is 13.1 Å². The molecule has 22 heavy (non-hydrogen) atoms. The predicted molar refractivity (Wildman–Crippen MR) is 90.1 cm³/mol. The van der Waals surface area contributed by atoms with E-state index in [0.29, 0.717) is 24.0 Å². The van der Waals surface area contributed by atoms with Gasteiger partial charge in [-0.2, -0.15) is 0 Å². The number of sulfonamides is 1. The fraction of sp³-hybridized carbons (Fsp3) is 0.600. The van der Waals surface area contributed by atoms with E-state index in [-0.39, 0.29) is 12.4 Å². The van der Waals surface area contributed by atoms with Crippen molar-refractivity contribution >= 4 is 22.4 Å². The lowest BCUT2D eigenvalue weighted by Gasteiger charge is -2.10. The summed E-state index contributed by atoms with van der Waals surface area (Å²) < 4.78 is 32.1. The fourth-order valence-electron chi connectivity index (χ4n) is 2.50. The highest BCUT2D eigenvalue weighted by Crippen LogP contribution is 2.13. The summed E-state index contributed by atoms with van der Waals surface area (Å²) >= 11 is 0. The van der Waals surface area contributed by atoms with Crippen LogP contribution in [0.25, 0.3) is 0 Å². The minimum atomic E-state index is -3.39. The van der Waals surface area contributed by atoms with Crippen LogP contribution in [-0.2, 0) is 21.2 Å². The topological polar surface area (TPSA) is 67.4 Å². The lowest BCUT2D eigenvalue weighted by atomic mass is 10.1. The van der Waals surface area contributed by atoms with Crippen LogP contribution in [0, 0.1) is 5.92 Å². The third-order valence-electron chi connectivity index (χ3n) is 3.84. The lowest BCUT2D eigenvalue weighted by molar-refractivity contribution is 0.202. The molecule has 0 bridgehead atoms. The first kappa shape index (κ1) is 19.4. The molecule has 2 rings (SSSR count). The van der Waals surface area contributed by atoms with E-state index in [1.807, 2.05) is 12.1 Å². The van der Waals surface area contributed by atoms with E-state index in [4.69, 9.17) is 4.74 Å². The van der Waals surface area contributed by atoms with Crippen LogP contribution >= 0.6 is 12.4 Å². The Hall–Kier alpha value is -0.660. The van der Waals surface area contributed by atoms with Crippen LogP contribution in [0.15, 0.2) is 29.2 Å². The number of ether oxygens (including phenoxy) is 1. The molecule has 1 heterocycles. The van der Waals surface area contributed by atoms with Crippen molar-refractivity contribution in [2.75, 3.05) is 33.4 Å². The number of halogens is 1. The Kier molecular flexibility index (Phi) is 8.35. The first-order valence-electron chi connectivity index (χ1n) is 7.40. The summed E-state index contributed by atoms with van der Waals surface area (Å²) in [5.41, 5.74) is 1.08. The van der Waals surface area contributed by atoms with Crippen LogP contribution in [0.5, 0.6) is 0 Å². The van der Waals surface area contributed by atoms with E-state index in [2.05, 4.69) is 10.0 Å². The first-order chi connectivity index (χ1) is 10.1. The van der Waals surface area contributed by atoms with Crippen LogP contribution in [0.2, 0.25) is 0 Å². The van der Waals surface area contributed by atoms with Crippen molar-refractivity contribution in [2.45, 2.75) is 24.2 Å². The highest BCUT2D eigenvalue weighted by Gasteiger charge is 2.17. The molecule has 0 amide bonds. The standard InChI is InChI=1S/C15H24N2O3S.ClH/c1-20-11-8-13-2-4-15(5-3-13)21(18,19)17-10-7-14-6-9-16-12-14;/h2-5,14,16-17H,6-12H2,1H3;1H. The van der Waals surface area contributed by atoms with Gasteiger partial charge >= 0.3 is 0 Å². The third kappa shape index (κ3) is 5.85. The summed E-state index contributed by atoms with van der Waals surface area (Å²) in [4.78, 5) is 0.327. The summed E-state index contributed by atoms with van der Waals surface area (Å²) in [6, 6.07) is 7.00. The molecule has 5 nitrogen and oxygen atoms in total. The third-order valence-corrected chi connectivity index (χ3v) is 5.31. The van der Waals surface area contributed by atoms with E-state index in [1.54, 1.807) is 19.2 Å². The second kappa shape index (κ2) is 9.47. The Labute approximate surface area is 139 Å². The molecule has 0 aliphatic carbocycles. The van der Waals surface area contributed by atoms with Gasteiger partial charge in [-0.15, -0.1) is 12.4 Å². The zero-order chi connectivity index (χ0) is 15.1. The van der Waals surface area contributed by atoms with Crippen LogP contribution in [-0.4, -0.2) is 41.8 Å². The van der Waals surface area contributed by atoms with E-state index in [0.717, 1.165) is 37.9 Å². The van der Waals surface area contributed by atoms with Gasteiger partial charge in [-0.3, -0.25) is 0 Å². The second-order valence-corrected chi connectivity index (χ2v) is 7.20. The van der Waals surface area contributed by atoms with Gasteiger partial charge < -0.3 is 10.1 Å². The molecular formula is C15H25ClN2O3S. The van der Waals surface area contributed by atoms with Crippen LogP contribution < -0.4 is 10.0 Å². The molecule has 0 aromatic heterocycles. The zero-order valence-corrected chi connectivity index (χ0v) is 14.5. The SMILES string of the molecule is COCCc1ccc(S(=O)(=O)NCCC2CCNC2)cc1.Cl. The Morgan fingerprint density at radius 2 is 2.05 bits per heavy atom. The zero-order valence-electron chi connectivity index (χ0n) is 12.9. The summed E-state index contributed by atoms with van der Waals surface area (Å²) in [7, 11) is -1.74. The molecule has 1 atom stereocenters. The lowest BCUT2D eigenvalue weighted by Crippen LogP contribution is -2.26. The number of rotatable bonds is 8. The van der Waals surface area contributed by atoms with E-state index in [9.17, 15) is 8.42 Å². The minimum Gasteiger partial charge on any atom is -0.384 e. The van der Waals surface area contributed by atoms with Gasteiger partial charge in [0.15, 0.2) is 0 Å². The molecule has 0 saturated carbocycles. The number of hydrogen-bond donors (Lipinski definition) is 2. The molecule has 1 unspecified atom stereocenters. The maximum absolute atomic E-state index is 12.2. The summed E-state index contributed by atoms with van der Waals surface area (Å²) in [5, 5.41) is 3.29. The molecule has 126 valence electrons. The molecule has 1 fully saturated rings. The largest absolute Gasteiger partial charge is 0.384 e. The monoisotopic (exact) mass is 348 g/mol. The Morgan fingerprint density at radius 3 is 2.64 bits per heavy atom. The Bertz CT molecular complexity index is 528. The van der Waals surface area contributed by atoms with Crippen LogP contribution in [0.4, 0.5) is 0 Å². The molecular weight excluding hydrogens is 324 g/mol. The van der Waals surface area contributed by atoms with Crippen molar-refractivity contribution in [1.82, 2.24) is 10.0 Å². The Balaban J connectivity index is 0.00000242. The van der Waals surface area contributed by atoms with Crippen molar-refractivity contribution in [3.8, 4) is 0 Å². The summed E-state index contributed by atoms with van der Waals surface area (Å²) in [5.74, 6) is 0.587. The van der Waals surface area contributed by atoms with E-state index < -0.39 is 10.0 Å². The molecule has 1 saturated heterocycles. The molecule has 0 radical (unpaired) electrons. The highest BCUT2D eigenvalue weighted by atomic mass is 35.5. The number of benzene rings is 1. The smallest absolute Gasteiger partial charge is 0.240 e. The maximum Gasteiger partial charge on any atom is 0.240 e. The Morgan fingerprint density at radius 1 is 1.32 bits per heavy atom. The maximum atomic E-state index is 12.2. The molecule has 1 aromatic carbocycles. The van der Waals surface area contributed by atoms with Gasteiger partial charge in [0.1, 0.15) is 0 Å². The predicted octanol–water partition coefficient (Wildman–Crippen LogP) is 1.58. The van der Waals surface area contributed by atoms with Gasteiger partial charge in [0, 0.05) is 13.7 Å². The van der Waals surface area contributed by atoms with Gasteiger partial charge in [0.05, 0.1) is 11.5 Å².